The van der Waals surface area contributed by atoms with E-state index in [-0.39, 0.29) is 24.6 Å². The number of halogens is 1. The monoisotopic (exact) mass is 348 g/mol. The minimum Gasteiger partial charge on any atom is -0.454 e. The molecule has 8 nitrogen and oxygen atoms in total. The minimum atomic E-state index is -0.612. The zero-order chi connectivity index (χ0) is 16.8. The van der Waals surface area contributed by atoms with E-state index in [1.54, 1.807) is 12.1 Å². The van der Waals surface area contributed by atoms with Crippen molar-refractivity contribution in [1.82, 2.24) is 4.57 Å². The molecule has 3 aromatic rings. The van der Waals surface area contributed by atoms with Crippen molar-refractivity contribution in [2.24, 2.45) is 0 Å². The van der Waals surface area contributed by atoms with Crippen LogP contribution in [-0.4, -0.2) is 16.3 Å². The average Bonchev–Trinajstić information content (AvgIpc) is 3.12. The van der Waals surface area contributed by atoms with E-state index in [9.17, 15) is 14.9 Å². The Balaban J connectivity index is 1.78. The summed E-state index contributed by atoms with van der Waals surface area (Å²) in [6.07, 6.45) is 0. The number of benzene rings is 2. The predicted molar refractivity (Wildman–Crippen MR) is 83.8 cm³/mol. The predicted octanol–water partition coefficient (Wildman–Crippen LogP) is 2.93. The lowest BCUT2D eigenvalue weighted by molar-refractivity contribution is -0.384. The Hall–Kier alpha value is -3.00. The minimum absolute atomic E-state index is 0.0940. The summed E-state index contributed by atoms with van der Waals surface area (Å²) in [6, 6.07) is 7.42. The third kappa shape index (κ3) is 2.28. The van der Waals surface area contributed by atoms with E-state index in [0.29, 0.717) is 27.6 Å². The molecule has 1 aliphatic rings. The van der Waals surface area contributed by atoms with Crippen LogP contribution in [-0.2, 0) is 6.54 Å². The van der Waals surface area contributed by atoms with Crippen LogP contribution in [0.5, 0.6) is 11.5 Å². The number of hydrogen-bond donors (Lipinski definition) is 0. The summed E-state index contributed by atoms with van der Waals surface area (Å²) in [5.74, 6) is 0.369. The fourth-order valence-electron chi connectivity index (χ4n) is 2.61. The number of aromatic nitrogens is 1. The van der Waals surface area contributed by atoms with Gasteiger partial charge in [-0.1, -0.05) is 11.6 Å². The van der Waals surface area contributed by atoms with E-state index in [2.05, 4.69) is 0 Å². The summed E-state index contributed by atoms with van der Waals surface area (Å²) >= 11 is 6.14. The summed E-state index contributed by atoms with van der Waals surface area (Å²) in [6.45, 7) is 0.275. The molecule has 0 spiro atoms. The second-order valence-corrected chi connectivity index (χ2v) is 5.58. The molecule has 4 rings (SSSR count). The van der Waals surface area contributed by atoms with Crippen LogP contribution in [0.4, 0.5) is 5.69 Å². The number of rotatable bonds is 3. The zero-order valence-corrected chi connectivity index (χ0v) is 12.8. The highest BCUT2D eigenvalue weighted by Gasteiger charge is 2.20. The number of fused-ring (bicyclic) bond motifs is 2. The second-order valence-electron chi connectivity index (χ2n) is 5.17. The van der Waals surface area contributed by atoms with Gasteiger partial charge >= 0.3 is 5.76 Å². The summed E-state index contributed by atoms with van der Waals surface area (Å²) in [5, 5.41) is 11.2. The number of nitrogens with zero attached hydrogens (tertiary/aromatic N) is 2. The van der Waals surface area contributed by atoms with Gasteiger partial charge in [0.2, 0.25) is 6.79 Å². The maximum atomic E-state index is 12.1. The first kappa shape index (κ1) is 14.6. The SMILES string of the molecule is O=c1oc2cc([N+](=O)[O-])ccc2n1Cc1cc(Cl)c2c(c1)OCO2. The third-order valence-corrected chi connectivity index (χ3v) is 3.97. The first-order valence-electron chi connectivity index (χ1n) is 6.89. The molecule has 1 aliphatic heterocycles. The lowest BCUT2D eigenvalue weighted by atomic mass is 10.2. The van der Waals surface area contributed by atoms with Gasteiger partial charge in [-0.05, 0) is 23.8 Å². The van der Waals surface area contributed by atoms with Crippen LogP contribution >= 0.6 is 11.6 Å². The summed E-state index contributed by atoms with van der Waals surface area (Å²) < 4.78 is 17.0. The van der Waals surface area contributed by atoms with E-state index in [1.807, 2.05) is 0 Å². The highest BCUT2D eigenvalue weighted by molar-refractivity contribution is 6.32. The van der Waals surface area contributed by atoms with E-state index in [0.717, 1.165) is 0 Å². The Kier molecular flexibility index (Phi) is 3.20. The van der Waals surface area contributed by atoms with Crippen LogP contribution in [0.3, 0.4) is 0 Å². The Bertz CT molecular complexity index is 1040. The van der Waals surface area contributed by atoms with Crippen LogP contribution in [0, 0.1) is 10.1 Å². The molecule has 24 heavy (non-hydrogen) atoms. The molecule has 0 amide bonds. The number of oxazole rings is 1. The van der Waals surface area contributed by atoms with Crippen LogP contribution in [0.25, 0.3) is 11.1 Å². The maximum Gasteiger partial charge on any atom is 0.420 e. The molecular weight excluding hydrogens is 340 g/mol. The number of nitro benzene ring substituents is 1. The fraction of sp³-hybridized carbons (Fsp3) is 0.133. The molecule has 122 valence electrons. The zero-order valence-electron chi connectivity index (χ0n) is 12.0. The summed E-state index contributed by atoms with van der Waals surface area (Å²) in [4.78, 5) is 22.3. The molecule has 2 aromatic carbocycles. The number of hydrogen-bond acceptors (Lipinski definition) is 6. The summed E-state index contributed by atoms with van der Waals surface area (Å²) in [5.41, 5.74) is 1.18. The molecule has 0 bridgehead atoms. The van der Waals surface area contributed by atoms with Gasteiger partial charge < -0.3 is 13.9 Å². The molecule has 1 aromatic heterocycles. The Morgan fingerprint density at radius 2 is 2.08 bits per heavy atom. The van der Waals surface area contributed by atoms with Gasteiger partial charge in [-0.2, -0.15) is 0 Å². The van der Waals surface area contributed by atoms with Crippen molar-refractivity contribution in [3.8, 4) is 11.5 Å². The van der Waals surface area contributed by atoms with E-state index >= 15 is 0 Å². The molecule has 0 radical (unpaired) electrons. The normalized spacial score (nSPS) is 12.7. The van der Waals surface area contributed by atoms with Crippen LogP contribution < -0.4 is 15.2 Å². The maximum absolute atomic E-state index is 12.1. The average molecular weight is 349 g/mol. The Morgan fingerprint density at radius 3 is 2.88 bits per heavy atom. The first-order chi connectivity index (χ1) is 11.5. The Labute approximate surface area is 138 Å². The Morgan fingerprint density at radius 1 is 1.25 bits per heavy atom. The molecule has 0 unspecified atom stereocenters. The van der Waals surface area contributed by atoms with Crippen LogP contribution in [0.2, 0.25) is 5.02 Å². The molecule has 0 N–H and O–H groups in total. The first-order valence-corrected chi connectivity index (χ1v) is 7.26. The lowest BCUT2D eigenvalue weighted by Gasteiger charge is -2.06. The van der Waals surface area contributed by atoms with Crippen LogP contribution in [0.1, 0.15) is 5.56 Å². The highest BCUT2D eigenvalue weighted by atomic mass is 35.5. The van der Waals surface area contributed by atoms with Gasteiger partial charge in [-0.3, -0.25) is 14.7 Å². The van der Waals surface area contributed by atoms with Crippen molar-refractivity contribution in [3.05, 3.63) is 61.6 Å². The van der Waals surface area contributed by atoms with Crippen molar-refractivity contribution in [1.29, 1.82) is 0 Å². The molecule has 0 atom stereocenters. The lowest BCUT2D eigenvalue weighted by Crippen LogP contribution is -2.14. The van der Waals surface area contributed by atoms with Gasteiger partial charge in [0.25, 0.3) is 5.69 Å². The topological polar surface area (TPSA) is 96.7 Å². The molecule has 0 saturated carbocycles. The van der Waals surface area contributed by atoms with Gasteiger partial charge in [-0.15, -0.1) is 0 Å². The second kappa shape index (κ2) is 5.27. The van der Waals surface area contributed by atoms with Gasteiger partial charge in [-0.25, -0.2) is 4.79 Å². The van der Waals surface area contributed by atoms with E-state index in [4.69, 9.17) is 25.5 Å². The number of ether oxygens (including phenoxy) is 2. The highest BCUT2D eigenvalue weighted by Crippen LogP contribution is 2.40. The quantitative estimate of drug-likeness (QED) is 0.533. The molecular formula is C15H9ClN2O6. The smallest absolute Gasteiger partial charge is 0.420 e. The summed E-state index contributed by atoms with van der Waals surface area (Å²) in [7, 11) is 0. The van der Waals surface area contributed by atoms with E-state index in [1.165, 1.54) is 22.8 Å². The van der Waals surface area contributed by atoms with Crippen molar-refractivity contribution < 1.29 is 18.8 Å². The van der Waals surface area contributed by atoms with Gasteiger partial charge in [0.05, 0.1) is 28.1 Å². The van der Waals surface area contributed by atoms with Crippen molar-refractivity contribution in [2.75, 3.05) is 6.79 Å². The third-order valence-electron chi connectivity index (χ3n) is 3.69. The molecule has 0 aliphatic carbocycles. The molecule has 0 fully saturated rings. The van der Waals surface area contributed by atoms with Gasteiger partial charge in [0.1, 0.15) is 0 Å². The van der Waals surface area contributed by atoms with Crippen molar-refractivity contribution in [2.45, 2.75) is 6.54 Å². The van der Waals surface area contributed by atoms with Crippen molar-refractivity contribution >= 4 is 28.4 Å². The fourth-order valence-corrected chi connectivity index (χ4v) is 2.90. The van der Waals surface area contributed by atoms with Crippen LogP contribution in [0.15, 0.2) is 39.5 Å². The van der Waals surface area contributed by atoms with Gasteiger partial charge in [0.15, 0.2) is 17.1 Å². The number of nitro groups is 1. The van der Waals surface area contributed by atoms with Gasteiger partial charge in [0, 0.05) is 6.07 Å². The largest absolute Gasteiger partial charge is 0.454 e. The standard InChI is InChI=1S/C15H9ClN2O6/c16-10-3-8(4-13-14(10)23-7-22-13)6-17-11-2-1-9(18(20)21)5-12(11)24-15(17)19/h1-5H,6-7H2. The number of non-ortho nitro benzene ring substituents is 1. The molecule has 0 saturated heterocycles. The van der Waals surface area contributed by atoms with Crippen molar-refractivity contribution in [3.63, 3.8) is 0 Å². The molecule has 2 heterocycles. The molecule has 9 heteroatoms. The van der Waals surface area contributed by atoms with E-state index < -0.39 is 10.7 Å².